The second-order valence-electron chi connectivity index (χ2n) is 3.81. The SMILES string of the molecule is CCc1ccc(OC)c(C(=O)C(NC)C(=O)O)c1. The number of likely N-dealkylation sites (N-methyl/N-ethyl adjacent to an activating group) is 1. The van der Waals surface area contributed by atoms with Gasteiger partial charge in [0.1, 0.15) is 5.75 Å². The number of carbonyl (C=O) groups excluding carboxylic acids is 1. The summed E-state index contributed by atoms with van der Waals surface area (Å²) in [5, 5.41) is 11.5. The number of aryl methyl sites for hydroxylation is 1. The fourth-order valence-electron chi connectivity index (χ4n) is 1.69. The van der Waals surface area contributed by atoms with Gasteiger partial charge in [-0.3, -0.25) is 9.59 Å². The lowest BCUT2D eigenvalue weighted by Crippen LogP contribution is -2.41. The third kappa shape index (κ3) is 2.87. The molecule has 1 atom stereocenters. The van der Waals surface area contributed by atoms with Gasteiger partial charge in [0.2, 0.25) is 0 Å². The van der Waals surface area contributed by atoms with Crippen LogP contribution in [0.2, 0.25) is 0 Å². The topological polar surface area (TPSA) is 75.6 Å². The molecule has 18 heavy (non-hydrogen) atoms. The molecular weight excluding hydrogens is 234 g/mol. The number of aliphatic carboxylic acids is 1. The number of Topliss-reactive ketones (excluding diaryl/α,β-unsaturated/α-hetero) is 1. The maximum Gasteiger partial charge on any atom is 0.328 e. The Morgan fingerprint density at radius 2 is 2.11 bits per heavy atom. The minimum Gasteiger partial charge on any atom is -0.496 e. The van der Waals surface area contributed by atoms with Gasteiger partial charge in [0.15, 0.2) is 11.8 Å². The largest absolute Gasteiger partial charge is 0.496 e. The van der Waals surface area contributed by atoms with Crippen LogP contribution in [0.25, 0.3) is 0 Å². The Bertz CT molecular complexity index is 456. The molecule has 2 N–H and O–H groups in total. The van der Waals surface area contributed by atoms with E-state index >= 15 is 0 Å². The van der Waals surface area contributed by atoms with Gasteiger partial charge in [-0.15, -0.1) is 0 Å². The number of hydrogen-bond acceptors (Lipinski definition) is 4. The molecule has 0 saturated carbocycles. The van der Waals surface area contributed by atoms with Gasteiger partial charge in [0, 0.05) is 0 Å². The molecule has 0 aliphatic heterocycles. The number of carboxylic acids is 1. The lowest BCUT2D eigenvalue weighted by molar-refractivity contribution is -0.137. The predicted octanol–water partition coefficient (Wildman–Crippen LogP) is 1.11. The van der Waals surface area contributed by atoms with Crippen LogP contribution in [0, 0.1) is 0 Å². The summed E-state index contributed by atoms with van der Waals surface area (Å²) in [6, 6.07) is 3.95. The Kier molecular flexibility index (Phi) is 4.85. The standard InChI is InChI=1S/C13H17NO4/c1-4-8-5-6-10(18-3)9(7-8)12(15)11(14-2)13(16)17/h5-7,11,14H,4H2,1-3H3,(H,16,17). The average molecular weight is 251 g/mol. The average Bonchev–Trinajstić information content (AvgIpc) is 2.38. The Balaban J connectivity index is 3.20. The molecule has 0 fully saturated rings. The number of carboxylic acid groups (broad SMARTS) is 1. The van der Waals surface area contributed by atoms with E-state index in [1.807, 2.05) is 13.0 Å². The fourth-order valence-corrected chi connectivity index (χ4v) is 1.69. The molecule has 5 nitrogen and oxygen atoms in total. The lowest BCUT2D eigenvalue weighted by Gasteiger charge is -2.13. The number of nitrogens with one attached hydrogen (secondary N) is 1. The highest BCUT2D eigenvalue weighted by atomic mass is 16.5. The Labute approximate surface area is 106 Å². The van der Waals surface area contributed by atoms with Gasteiger partial charge in [-0.05, 0) is 31.2 Å². The first-order valence-corrected chi connectivity index (χ1v) is 5.66. The van der Waals surface area contributed by atoms with Gasteiger partial charge >= 0.3 is 5.97 Å². The molecule has 5 heteroatoms. The first-order valence-electron chi connectivity index (χ1n) is 5.66. The summed E-state index contributed by atoms with van der Waals surface area (Å²) in [4.78, 5) is 23.1. The van der Waals surface area contributed by atoms with E-state index in [2.05, 4.69) is 5.32 Å². The van der Waals surface area contributed by atoms with E-state index in [9.17, 15) is 9.59 Å². The predicted molar refractivity (Wildman–Crippen MR) is 67.2 cm³/mol. The van der Waals surface area contributed by atoms with Crippen LogP contribution < -0.4 is 10.1 Å². The number of benzene rings is 1. The summed E-state index contributed by atoms with van der Waals surface area (Å²) in [6.45, 7) is 1.96. The van der Waals surface area contributed by atoms with Crippen LogP contribution in [-0.4, -0.2) is 37.1 Å². The third-order valence-electron chi connectivity index (χ3n) is 2.74. The first kappa shape index (κ1) is 14.2. The van der Waals surface area contributed by atoms with Crippen LogP contribution in [0.1, 0.15) is 22.8 Å². The third-order valence-corrected chi connectivity index (χ3v) is 2.74. The molecule has 1 rings (SSSR count). The van der Waals surface area contributed by atoms with Gasteiger partial charge < -0.3 is 15.2 Å². The summed E-state index contributed by atoms with van der Waals surface area (Å²) in [5.74, 6) is -1.32. The van der Waals surface area contributed by atoms with E-state index in [-0.39, 0.29) is 0 Å². The highest BCUT2D eigenvalue weighted by Crippen LogP contribution is 2.22. The lowest BCUT2D eigenvalue weighted by atomic mass is 10.00. The molecule has 1 aromatic carbocycles. The van der Waals surface area contributed by atoms with Crippen molar-refractivity contribution in [2.24, 2.45) is 0 Å². The van der Waals surface area contributed by atoms with E-state index in [1.165, 1.54) is 14.2 Å². The van der Waals surface area contributed by atoms with Gasteiger partial charge in [-0.1, -0.05) is 13.0 Å². The summed E-state index contributed by atoms with van der Waals surface area (Å²) in [7, 11) is 2.89. The molecular formula is C13H17NO4. The number of methoxy groups -OCH3 is 1. The van der Waals surface area contributed by atoms with Crippen molar-refractivity contribution >= 4 is 11.8 Å². The van der Waals surface area contributed by atoms with E-state index in [4.69, 9.17) is 9.84 Å². The molecule has 1 aromatic rings. The van der Waals surface area contributed by atoms with Crippen LogP contribution in [0.4, 0.5) is 0 Å². The van der Waals surface area contributed by atoms with Crippen molar-refractivity contribution in [1.82, 2.24) is 5.32 Å². The van der Waals surface area contributed by atoms with Crippen molar-refractivity contribution in [3.8, 4) is 5.75 Å². The quantitative estimate of drug-likeness (QED) is 0.585. The van der Waals surface area contributed by atoms with E-state index in [0.717, 1.165) is 12.0 Å². The number of rotatable bonds is 6. The van der Waals surface area contributed by atoms with Gasteiger partial charge in [-0.25, -0.2) is 0 Å². The van der Waals surface area contributed by atoms with E-state index in [1.54, 1.807) is 12.1 Å². The van der Waals surface area contributed by atoms with Crippen LogP contribution in [0.5, 0.6) is 5.75 Å². The Hall–Kier alpha value is -1.88. The van der Waals surface area contributed by atoms with Crippen molar-refractivity contribution in [3.63, 3.8) is 0 Å². The zero-order valence-electron chi connectivity index (χ0n) is 10.7. The maximum atomic E-state index is 12.1. The van der Waals surface area contributed by atoms with Crippen LogP contribution >= 0.6 is 0 Å². The fraction of sp³-hybridized carbons (Fsp3) is 0.385. The van der Waals surface area contributed by atoms with Crippen LogP contribution in [-0.2, 0) is 11.2 Å². The molecule has 98 valence electrons. The Morgan fingerprint density at radius 1 is 1.44 bits per heavy atom. The summed E-state index contributed by atoms with van der Waals surface area (Å²) < 4.78 is 5.10. The van der Waals surface area contributed by atoms with Crippen molar-refractivity contribution < 1.29 is 19.4 Å². The molecule has 0 saturated heterocycles. The zero-order chi connectivity index (χ0) is 13.7. The maximum absolute atomic E-state index is 12.1. The number of carbonyl (C=O) groups is 2. The monoisotopic (exact) mass is 251 g/mol. The Morgan fingerprint density at radius 3 is 2.56 bits per heavy atom. The van der Waals surface area contributed by atoms with Crippen molar-refractivity contribution in [1.29, 1.82) is 0 Å². The summed E-state index contributed by atoms with van der Waals surface area (Å²) in [6.07, 6.45) is 0.765. The summed E-state index contributed by atoms with van der Waals surface area (Å²) >= 11 is 0. The van der Waals surface area contributed by atoms with Gasteiger partial charge in [0.05, 0.1) is 12.7 Å². The van der Waals surface area contributed by atoms with Crippen molar-refractivity contribution in [2.45, 2.75) is 19.4 Å². The molecule has 0 aromatic heterocycles. The molecule has 0 amide bonds. The molecule has 1 unspecified atom stereocenters. The van der Waals surface area contributed by atoms with Crippen molar-refractivity contribution in [2.75, 3.05) is 14.2 Å². The highest BCUT2D eigenvalue weighted by Gasteiger charge is 2.27. The first-order chi connectivity index (χ1) is 8.54. The molecule has 0 heterocycles. The number of ether oxygens (including phenoxy) is 1. The van der Waals surface area contributed by atoms with Crippen molar-refractivity contribution in [3.05, 3.63) is 29.3 Å². The molecule has 0 bridgehead atoms. The second-order valence-corrected chi connectivity index (χ2v) is 3.81. The molecule has 0 radical (unpaired) electrons. The normalized spacial score (nSPS) is 11.9. The number of hydrogen-bond donors (Lipinski definition) is 2. The minimum absolute atomic E-state index is 0.290. The molecule has 0 aliphatic rings. The van der Waals surface area contributed by atoms with Crippen LogP contribution in [0.15, 0.2) is 18.2 Å². The van der Waals surface area contributed by atoms with Crippen LogP contribution in [0.3, 0.4) is 0 Å². The second kappa shape index (κ2) is 6.16. The zero-order valence-corrected chi connectivity index (χ0v) is 10.7. The number of ketones is 1. The minimum atomic E-state index is -1.26. The van der Waals surface area contributed by atoms with E-state index < -0.39 is 17.8 Å². The van der Waals surface area contributed by atoms with Gasteiger partial charge in [-0.2, -0.15) is 0 Å². The van der Waals surface area contributed by atoms with Gasteiger partial charge in [0.25, 0.3) is 0 Å². The summed E-state index contributed by atoms with van der Waals surface area (Å²) in [5.41, 5.74) is 1.25. The van der Waals surface area contributed by atoms with E-state index in [0.29, 0.717) is 11.3 Å². The smallest absolute Gasteiger partial charge is 0.328 e. The molecule has 0 aliphatic carbocycles. The highest BCUT2D eigenvalue weighted by molar-refractivity contribution is 6.13. The molecule has 0 spiro atoms.